The number of nitrogens with one attached hydrogen (secondary N) is 1. The van der Waals surface area contributed by atoms with Crippen molar-refractivity contribution < 1.29 is 19.4 Å². The predicted molar refractivity (Wildman–Crippen MR) is 78.8 cm³/mol. The Morgan fingerprint density at radius 3 is 2.48 bits per heavy atom. The Kier molecular flexibility index (Phi) is 4.27. The van der Waals surface area contributed by atoms with Crippen molar-refractivity contribution in [1.82, 2.24) is 4.98 Å². The summed E-state index contributed by atoms with van der Waals surface area (Å²) in [5.41, 5.74) is 1.53. The van der Waals surface area contributed by atoms with E-state index in [0.717, 1.165) is 5.69 Å². The standard InChI is InChI=1S/C15H16N2O4/c1-9-6-10(15(18)19)7-14(16-9)17-11-4-5-12(20-2)13(8-11)21-3/h4-8H,1-3H3,(H,16,17)(H,18,19). The van der Waals surface area contributed by atoms with Crippen molar-refractivity contribution in [2.24, 2.45) is 0 Å². The smallest absolute Gasteiger partial charge is 0.335 e. The first kappa shape index (κ1) is 14.6. The molecule has 0 aliphatic carbocycles. The number of hydrogen-bond acceptors (Lipinski definition) is 5. The van der Waals surface area contributed by atoms with Crippen molar-refractivity contribution in [2.75, 3.05) is 19.5 Å². The second-order valence-electron chi connectivity index (χ2n) is 4.38. The second kappa shape index (κ2) is 6.13. The zero-order valence-electron chi connectivity index (χ0n) is 12.0. The van der Waals surface area contributed by atoms with Crippen LogP contribution in [0.15, 0.2) is 30.3 Å². The number of ether oxygens (including phenoxy) is 2. The Morgan fingerprint density at radius 2 is 1.86 bits per heavy atom. The molecule has 0 spiro atoms. The summed E-state index contributed by atoms with van der Waals surface area (Å²) in [6.45, 7) is 1.74. The Labute approximate surface area is 122 Å². The highest BCUT2D eigenvalue weighted by Gasteiger charge is 2.09. The van der Waals surface area contributed by atoms with E-state index in [1.165, 1.54) is 12.1 Å². The number of aryl methyl sites for hydroxylation is 1. The van der Waals surface area contributed by atoms with Gasteiger partial charge in [0, 0.05) is 17.4 Å². The van der Waals surface area contributed by atoms with Crippen molar-refractivity contribution in [3.63, 3.8) is 0 Å². The number of carboxylic acid groups (broad SMARTS) is 1. The van der Waals surface area contributed by atoms with E-state index < -0.39 is 5.97 Å². The average molecular weight is 288 g/mol. The van der Waals surface area contributed by atoms with Crippen molar-refractivity contribution in [3.8, 4) is 11.5 Å². The number of carbonyl (C=O) groups is 1. The topological polar surface area (TPSA) is 80.7 Å². The number of anilines is 2. The maximum Gasteiger partial charge on any atom is 0.335 e. The van der Waals surface area contributed by atoms with Crippen molar-refractivity contribution >= 4 is 17.5 Å². The maximum atomic E-state index is 11.0. The van der Waals surface area contributed by atoms with Crippen LogP contribution in [0.5, 0.6) is 11.5 Å². The van der Waals surface area contributed by atoms with E-state index in [4.69, 9.17) is 14.6 Å². The molecule has 6 nitrogen and oxygen atoms in total. The van der Waals surface area contributed by atoms with Crippen molar-refractivity contribution in [2.45, 2.75) is 6.92 Å². The number of pyridine rings is 1. The molecule has 1 heterocycles. The van der Waals surface area contributed by atoms with Gasteiger partial charge < -0.3 is 19.9 Å². The minimum atomic E-state index is -0.990. The van der Waals surface area contributed by atoms with Crippen LogP contribution in [0.3, 0.4) is 0 Å². The molecule has 21 heavy (non-hydrogen) atoms. The summed E-state index contributed by atoms with van der Waals surface area (Å²) in [5, 5.41) is 12.1. The molecule has 2 rings (SSSR count). The van der Waals surface area contributed by atoms with Gasteiger partial charge in [0.15, 0.2) is 11.5 Å². The maximum absolute atomic E-state index is 11.0. The first-order valence-electron chi connectivity index (χ1n) is 6.24. The van der Waals surface area contributed by atoms with Gasteiger partial charge in [-0.25, -0.2) is 9.78 Å². The lowest BCUT2D eigenvalue weighted by molar-refractivity contribution is 0.0696. The molecule has 0 aliphatic heterocycles. The highest BCUT2D eigenvalue weighted by atomic mass is 16.5. The van der Waals surface area contributed by atoms with Gasteiger partial charge in [0.2, 0.25) is 0 Å². The van der Waals surface area contributed by atoms with Crippen LogP contribution in [-0.2, 0) is 0 Å². The normalized spacial score (nSPS) is 10.0. The van der Waals surface area contributed by atoms with Gasteiger partial charge >= 0.3 is 5.97 Å². The fraction of sp³-hybridized carbons (Fsp3) is 0.200. The summed E-state index contributed by atoms with van der Waals surface area (Å²) in [6.07, 6.45) is 0. The lowest BCUT2D eigenvalue weighted by atomic mass is 10.2. The molecular weight excluding hydrogens is 272 g/mol. The predicted octanol–water partition coefficient (Wildman–Crippen LogP) is 2.85. The van der Waals surface area contributed by atoms with Crippen molar-refractivity contribution in [3.05, 3.63) is 41.6 Å². The molecule has 0 fully saturated rings. The molecule has 0 radical (unpaired) electrons. The molecule has 0 saturated carbocycles. The lowest BCUT2D eigenvalue weighted by Gasteiger charge is -2.11. The van der Waals surface area contributed by atoms with Gasteiger partial charge in [-0.2, -0.15) is 0 Å². The number of carboxylic acids is 1. The third kappa shape index (κ3) is 3.42. The summed E-state index contributed by atoms with van der Waals surface area (Å²) < 4.78 is 10.4. The molecule has 0 amide bonds. The zero-order chi connectivity index (χ0) is 15.4. The van der Waals surface area contributed by atoms with E-state index in [-0.39, 0.29) is 5.56 Å². The quantitative estimate of drug-likeness (QED) is 0.880. The summed E-state index contributed by atoms with van der Waals surface area (Å²) in [7, 11) is 3.11. The van der Waals surface area contributed by atoms with Crippen LogP contribution in [0.4, 0.5) is 11.5 Å². The Bertz CT molecular complexity index is 671. The van der Waals surface area contributed by atoms with Crippen LogP contribution in [-0.4, -0.2) is 30.3 Å². The molecule has 6 heteroatoms. The molecule has 1 aromatic carbocycles. The van der Waals surface area contributed by atoms with E-state index >= 15 is 0 Å². The van der Waals surface area contributed by atoms with E-state index in [2.05, 4.69) is 10.3 Å². The fourth-order valence-corrected chi connectivity index (χ4v) is 1.92. The average Bonchev–Trinajstić information content (AvgIpc) is 2.46. The van der Waals surface area contributed by atoms with E-state index in [0.29, 0.717) is 23.0 Å². The highest BCUT2D eigenvalue weighted by Crippen LogP contribution is 2.30. The van der Waals surface area contributed by atoms with E-state index in [9.17, 15) is 4.79 Å². The molecule has 2 aromatic rings. The first-order chi connectivity index (χ1) is 10.0. The second-order valence-corrected chi connectivity index (χ2v) is 4.38. The van der Waals surface area contributed by atoms with Crippen LogP contribution in [0, 0.1) is 6.92 Å². The molecule has 2 N–H and O–H groups in total. The van der Waals surface area contributed by atoms with Crippen LogP contribution in [0.1, 0.15) is 16.1 Å². The monoisotopic (exact) mass is 288 g/mol. The van der Waals surface area contributed by atoms with Crippen LogP contribution >= 0.6 is 0 Å². The third-order valence-corrected chi connectivity index (χ3v) is 2.86. The molecule has 0 unspecified atom stereocenters. The lowest BCUT2D eigenvalue weighted by Crippen LogP contribution is -2.02. The van der Waals surface area contributed by atoms with E-state index in [1.54, 1.807) is 39.3 Å². The minimum absolute atomic E-state index is 0.186. The summed E-state index contributed by atoms with van der Waals surface area (Å²) in [4.78, 5) is 15.3. The summed E-state index contributed by atoms with van der Waals surface area (Å²) in [6, 6.07) is 8.30. The molecule has 1 aromatic heterocycles. The summed E-state index contributed by atoms with van der Waals surface area (Å²) >= 11 is 0. The molecular formula is C15H16N2O4. The largest absolute Gasteiger partial charge is 0.493 e. The fourth-order valence-electron chi connectivity index (χ4n) is 1.92. The number of aromatic carboxylic acids is 1. The number of nitrogens with zero attached hydrogens (tertiary/aromatic N) is 1. The van der Waals surface area contributed by atoms with Gasteiger partial charge in [0.05, 0.1) is 19.8 Å². The first-order valence-corrected chi connectivity index (χ1v) is 6.24. The van der Waals surface area contributed by atoms with Gasteiger partial charge in [-0.15, -0.1) is 0 Å². The van der Waals surface area contributed by atoms with Crippen LogP contribution in [0.2, 0.25) is 0 Å². The van der Waals surface area contributed by atoms with Gasteiger partial charge in [0.1, 0.15) is 5.82 Å². The van der Waals surface area contributed by atoms with Gasteiger partial charge in [-0.1, -0.05) is 0 Å². The number of methoxy groups -OCH3 is 2. The Hall–Kier alpha value is -2.76. The molecule has 0 atom stereocenters. The molecule has 0 aliphatic rings. The molecule has 0 bridgehead atoms. The van der Waals surface area contributed by atoms with Crippen molar-refractivity contribution in [1.29, 1.82) is 0 Å². The Balaban J connectivity index is 2.31. The van der Waals surface area contributed by atoms with Crippen LogP contribution < -0.4 is 14.8 Å². The van der Waals surface area contributed by atoms with Gasteiger partial charge in [0.25, 0.3) is 0 Å². The van der Waals surface area contributed by atoms with Gasteiger partial charge in [-0.3, -0.25) is 0 Å². The minimum Gasteiger partial charge on any atom is -0.493 e. The number of hydrogen-bond donors (Lipinski definition) is 2. The molecule has 0 saturated heterocycles. The number of rotatable bonds is 5. The molecule has 110 valence electrons. The third-order valence-electron chi connectivity index (χ3n) is 2.86. The number of aromatic nitrogens is 1. The van der Waals surface area contributed by atoms with E-state index in [1.807, 2.05) is 0 Å². The highest BCUT2D eigenvalue weighted by molar-refractivity contribution is 5.88. The summed E-state index contributed by atoms with van der Waals surface area (Å²) in [5.74, 6) is 0.663. The van der Waals surface area contributed by atoms with Gasteiger partial charge in [-0.05, 0) is 31.2 Å². The zero-order valence-corrected chi connectivity index (χ0v) is 12.0. The number of benzene rings is 1. The SMILES string of the molecule is COc1ccc(Nc2cc(C(=O)O)cc(C)n2)cc1OC. The van der Waals surface area contributed by atoms with Crippen LogP contribution in [0.25, 0.3) is 0 Å². The Morgan fingerprint density at radius 1 is 1.14 bits per heavy atom.